The number of aliphatic hydroxyl groups is 1. The third kappa shape index (κ3) is 3.08. The van der Waals surface area contributed by atoms with Gasteiger partial charge in [0.2, 0.25) is 0 Å². The van der Waals surface area contributed by atoms with Gasteiger partial charge in [-0.05, 0) is 43.2 Å². The van der Waals surface area contributed by atoms with E-state index in [1.165, 1.54) is 11.1 Å². The fraction of sp³-hybridized carbons (Fsp3) is 0.267. The van der Waals surface area contributed by atoms with Crippen LogP contribution < -0.4 is 5.32 Å². The number of benzene rings is 1. The summed E-state index contributed by atoms with van der Waals surface area (Å²) in [5.74, 6) is 0. The molecule has 3 heteroatoms. The van der Waals surface area contributed by atoms with Gasteiger partial charge in [-0.1, -0.05) is 12.1 Å². The van der Waals surface area contributed by atoms with Gasteiger partial charge in [0.1, 0.15) is 0 Å². The maximum Gasteiger partial charge on any atom is 0.0977 e. The number of hydrogen-bond acceptors (Lipinski definition) is 3. The molecule has 1 aromatic heterocycles. The molecule has 0 amide bonds. The maximum atomic E-state index is 10.0. The normalized spacial score (nSPS) is 12.2. The largest absolute Gasteiger partial charge is 0.387 e. The molecule has 1 atom stereocenters. The van der Waals surface area contributed by atoms with Crippen LogP contribution in [0.2, 0.25) is 0 Å². The highest BCUT2D eigenvalue weighted by Crippen LogP contribution is 2.16. The van der Waals surface area contributed by atoms with Crippen LogP contribution in [0.1, 0.15) is 22.8 Å². The molecular weight excluding hydrogens is 224 g/mol. The second kappa shape index (κ2) is 5.65. The van der Waals surface area contributed by atoms with E-state index in [4.69, 9.17) is 0 Å². The molecular formula is C15H18N2O. The zero-order valence-corrected chi connectivity index (χ0v) is 10.7. The standard InChI is InChI=1S/C15H18N2O/c1-11-5-6-14(8-12(11)2)17-10-15(18)13-4-3-7-16-9-13/h3-9,15,17-18H,10H2,1-2H3. The molecule has 0 aliphatic heterocycles. The number of aliphatic hydroxyl groups excluding tert-OH is 1. The molecule has 3 nitrogen and oxygen atoms in total. The third-order valence-electron chi connectivity index (χ3n) is 3.08. The lowest BCUT2D eigenvalue weighted by atomic mass is 10.1. The van der Waals surface area contributed by atoms with Gasteiger partial charge in [0.05, 0.1) is 6.10 Å². The highest BCUT2D eigenvalue weighted by atomic mass is 16.3. The molecule has 0 aliphatic carbocycles. The molecule has 18 heavy (non-hydrogen) atoms. The van der Waals surface area contributed by atoms with Crippen LogP contribution in [-0.2, 0) is 0 Å². The Balaban J connectivity index is 1.97. The minimum absolute atomic E-state index is 0.480. The summed E-state index contributed by atoms with van der Waals surface area (Å²) in [7, 11) is 0. The highest BCUT2D eigenvalue weighted by Gasteiger charge is 2.06. The molecule has 1 aromatic carbocycles. The summed E-state index contributed by atoms with van der Waals surface area (Å²) in [6.07, 6.45) is 2.85. The van der Waals surface area contributed by atoms with Crippen LogP contribution in [-0.4, -0.2) is 16.6 Å². The van der Waals surface area contributed by atoms with Gasteiger partial charge in [-0.3, -0.25) is 4.98 Å². The lowest BCUT2D eigenvalue weighted by Gasteiger charge is -2.13. The number of aromatic nitrogens is 1. The Bertz CT molecular complexity index is 511. The van der Waals surface area contributed by atoms with Crippen LogP contribution in [0.4, 0.5) is 5.69 Å². The first kappa shape index (κ1) is 12.6. The zero-order chi connectivity index (χ0) is 13.0. The Kier molecular flexibility index (Phi) is 3.95. The van der Waals surface area contributed by atoms with E-state index in [2.05, 4.69) is 36.3 Å². The molecule has 0 spiro atoms. The van der Waals surface area contributed by atoms with E-state index in [9.17, 15) is 5.11 Å². The molecule has 0 radical (unpaired) electrons. The maximum absolute atomic E-state index is 10.0. The molecule has 0 saturated carbocycles. The van der Waals surface area contributed by atoms with Gasteiger partial charge in [0.25, 0.3) is 0 Å². The van der Waals surface area contributed by atoms with Crippen molar-refractivity contribution in [3.05, 3.63) is 59.4 Å². The number of anilines is 1. The van der Waals surface area contributed by atoms with Gasteiger partial charge in [0.15, 0.2) is 0 Å². The van der Waals surface area contributed by atoms with E-state index in [1.807, 2.05) is 18.2 Å². The number of aryl methyl sites for hydroxylation is 2. The van der Waals surface area contributed by atoms with Crippen molar-refractivity contribution in [3.63, 3.8) is 0 Å². The van der Waals surface area contributed by atoms with E-state index in [0.29, 0.717) is 6.54 Å². The van der Waals surface area contributed by atoms with Crippen LogP contribution in [0.5, 0.6) is 0 Å². The SMILES string of the molecule is Cc1ccc(NCC(O)c2cccnc2)cc1C. The number of rotatable bonds is 4. The van der Waals surface area contributed by atoms with Crippen molar-refractivity contribution in [2.75, 3.05) is 11.9 Å². The Morgan fingerprint density at radius 1 is 1.22 bits per heavy atom. The van der Waals surface area contributed by atoms with Crippen LogP contribution >= 0.6 is 0 Å². The van der Waals surface area contributed by atoms with E-state index >= 15 is 0 Å². The Morgan fingerprint density at radius 2 is 2.06 bits per heavy atom. The molecule has 2 rings (SSSR count). The fourth-order valence-electron chi connectivity index (χ4n) is 1.76. The number of nitrogens with zero attached hydrogens (tertiary/aromatic N) is 1. The van der Waals surface area contributed by atoms with Crippen LogP contribution in [0, 0.1) is 13.8 Å². The molecule has 2 aromatic rings. The molecule has 0 bridgehead atoms. The van der Waals surface area contributed by atoms with Crippen molar-refractivity contribution < 1.29 is 5.11 Å². The molecule has 1 unspecified atom stereocenters. The zero-order valence-electron chi connectivity index (χ0n) is 10.7. The van der Waals surface area contributed by atoms with Gasteiger partial charge in [-0.15, -0.1) is 0 Å². The van der Waals surface area contributed by atoms with E-state index in [1.54, 1.807) is 12.4 Å². The summed E-state index contributed by atoms with van der Waals surface area (Å²) >= 11 is 0. The Morgan fingerprint density at radius 3 is 2.72 bits per heavy atom. The highest BCUT2D eigenvalue weighted by molar-refractivity contribution is 5.48. The first-order chi connectivity index (χ1) is 8.66. The summed E-state index contributed by atoms with van der Waals surface area (Å²) in [5.41, 5.74) is 4.37. The molecule has 0 saturated heterocycles. The second-order valence-corrected chi connectivity index (χ2v) is 4.48. The number of nitrogens with one attached hydrogen (secondary N) is 1. The average molecular weight is 242 g/mol. The van der Waals surface area contributed by atoms with Crippen molar-refractivity contribution in [1.82, 2.24) is 4.98 Å². The Hall–Kier alpha value is -1.87. The van der Waals surface area contributed by atoms with E-state index in [-0.39, 0.29) is 0 Å². The van der Waals surface area contributed by atoms with Gasteiger partial charge < -0.3 is 10.4 Å². The van der Waals surface area contributed by atoms with Crippen molar-refractivity contribution in [2.45, 2.75) is 20.0 Å². The fourth-order valence-corrected chi connectivity index (χ4v) is 1.76. The number of hydrogen-bond donors (Lipinski definition) is 2. The van der Waals surface area contributed by atoms with Crippen LogP contribution in [0.15, 0.2) is 42.7 Å². The molecule has 1 heterocycles. The average Bonchev–Trinajstić information content (AvgIpc) is 2.41. The van der Waals surface area contributed by atoms with Crippen molar-refractivity contribution in [1.29, 1.82) is 0 Å². The van der Waals surface area contributed by atoms with Gasteiger partial charge in [-0.2, -0.15) is 0 Å². The van der Waals surface area contributed by atoms with Gasteiger partial charge >= 0.3 is 0 Å². The molecule has 0 fully saturated rings. The Labute approximate surface area is 108 Å². The summed E-state index contributed by atoms with van der Waals surface area (Å²) in [6.45, 7) is 4.65. The minimum atomic E-state index is -0.541. The van der Waals surface area contributed by atoms with Crippen molar-refractivity contribution >= 4 is 5.69 Å². The predicted octanol–water partition coefficient (Wildman–Crippen LogP) is 2.84. The van der Waals surface area contributed by atoms with Crippen LogP contribution in [0.25, 0.3) is 0 Å². The van der Waals surface area contributed by atoms with E-state index < -0.39 is 6.10 Å². The van der Waals surface area contributed by atoms with Crippen molar-refractivity contribution in [2.24, 2.45) is 0 Å². The summed E-state index contributed by atoms with van der Waals surface area (Å²) in [6, 6.07) is 9.89. The molecule has 0 aliphatic rings. The summed E-state index contributed by atoms with van der Waals surface area (Å²) in [5, 5.41) is 13.2. The monoisotopic (exact) mass is 242 g/mol. The van der Waals surface area contributed by atoms with Gasteiger partial charge in [-0.25, -0.2) is 0 Å². The summed E-state index contributed by atoms with van der Waals surface area (Å²) in [4.78, 5) is 4.00. The second-order valence-electron chi connectivity index (χ2n) is 4.48. The molecule has 94 valence electrons. The van der Waals surface area contributed by atoms with Crippen LogP contribution in [0.3, 0.4) is 0 Å². The minimum Gasteiger partial charge on any atom is -0.387 e. The quantitative estimate of drug-likeness (QED) is 0.866. The third-order valence-corrected chi connectivity index (χ3v) is 3.08. The predicted molar refractivity (Wildman–Crippen MR) is 73.6 cm³/mol. The first-order valence-electron chi connectivity index (χ1n) is 6.06. The smallest absolute Gasteiger partial charge is 0.0977 e. The lowest BCUT2D eigenvalue weighted by molar-refractivity contribution is 0.191. The van der Waals surface area contributed by atoms with Gasteiger partial charge in [0, 0.05) is 30.2 Å². The summed E-state index contributed by atoms with van der Waals surface area (Å²) < 4.78 is 0. The topological polar surface area (TPSA) is 45.1 Å². The first-order valence-corrected chi connectivity index (χ1v) is 6.06. The number of pyridine rings is 1. The molecule has 2 N–H and O–H groups in total. The van der Waals surface area contributed by atoms with E-state index in [0.717, 1.165) is 11.3 Å². The lowest BCUT2D eigenvalue weighted by Crippen LogP contribution is -2.12. The van der Waals surface area contributed by atoms with Crippen molar-refractivity contribution in [3.8, 4) is 0 Å².